The molecule has 118 valence electrons. The summed E-state index contributed by atoms with van der Waals surface area (Å²) in [6.45, 7) is 7.77. The highest BCUT2D eigenvalue weighted by Crippen LogP contribution is 2.27. The molecule has 2 unspecified atom stereocenters. The molecule has 1 aliphatic rings. The minimum Gasteiger partial charge on any atom is -0.352 e. The van der Waals surface area contributed by atoms with E-state index in [0.717, 1.165) is 37.5 Å². The van der Waals surface area contributed by atoms with Gasteiger partial charge in [0, 0.05) is 12.6 Å². The fraction of sp³-hybridized carbons (Fsp3) is 0.800. The van der Waals surface area contributed by atoms with Crippen molar-refractivity contribution in [3.05, 3.63) is 11.9 Å². The van der Waals surface area contributed by atoms with Crippen molar-refractivity contribution >= 4 is 5.91 Å². The van der Waals surface area contributed by atoms with Crippen LogP contribution in [0.5, 0.6) is 0 Å². The summed E-state index contributed by atoms with van der Waals surface area (Å²) in [6, 6.07) is -0.123. The molecular formula is C15H27N5O. The van der Waals surface area contributed by atoms with Gasteiger partial charge in [-0.05, 0) is 45.6 Å². The van der Waals surface area contributed by atoms with Gasteiger partial charge < -0.3 is 10.6 Å². The minimum absolute atomic E-state index is 0.00154. The van der Waals surface area contributed by atoms with Gasteiger partial charge in [-0.1, -0.05) is 18.6 Å². The zero-order valence-electron chi connectivity index (χ0n) is 13.3. The lowest BCUT2D eigenvalue weighted by molar-refractivity contribution is -0.124. The summed E-state index contributed by atoms with van der Waals surface area (Å²) in [5.74, 6) is 0.850. The zero-order chi connectivity index (χ0) is 15.2. The number of carbonyl (C=O) groups excluding carboxylic acids is 1. The van der Waals surface area contributed by atoms with E-state index in [4.69, 9.17) is 0 Å². The predicted octanol–water partition coefficient (Wildman–Crippen LogP) is 1.64. The van der Waals surface area contributed by atoms with Gasteiger partial charge >= 0.3 is 0 Å². The summed E-state index contributed by atoms with van der Waals surface area (Å²) in [7, 11) is 0. The number of rotatable bonds is 9. The van der Waals surface area contributed by atoms with Crippen molar-refractivity contribution in [1.82, 2.24) is 25.6 Å². The Morgan fingerprint density at radius 3 is 2.90 bits per heavy atom. The summed E-state index contributed by atoms with van der Waals surface area (Å²) >= 11 is 0. The molecule has 6 nitrogen and oxygen atoms in total. The largest absolute Gasteiger partial charge is 0.352 e. The summed E-state index contributed by atoms with van der Waals surface area (Å²) < 4.78 is 1.64. The van der Waals surface area contributed by atoms with Gasteiger partial charge in [0.25, 0.3) is 0 Å². The lowest BCUT2D eigenvalue weighted by Gasteiger charge is -2.16. The van der Waals surface area contributed by atoms with Crippen LogP contribution in [0.1, 0.15) is 58.2 Å². The molecule has 1 fully saturated rings. The maximum Gasteiger partial charge on any atom is 0.244 e. The second-order valence-corrected chi connectivity index (χ2v) is 6.14. The van der Waals surface area contributed by atoms with Gasteiger partial charge in [-0.2, -0.15) is 0 Å². The fourth-order valence-corrected chi connectivity index (χ4v) is 2.30. The molecule has 0 radical (unpaired) electrons. The van der Waals surface area contributed by atoms with Crippen LogP contribution < -0.4 is 10.6 Å². The second-order valence-electron chi connectivity index (χ2n) is 6.14. The first-order valence-corrected chi connectivity index (χ1v) is 8.02. The van der Waals surface area contributed by atoms with Gasteiger partial charge in [-0.25, -0.2) is 4.68 Å². The smallest absolute Gasteiger partial charge is 0.244 e. The van der Waals surface area contributed by atoms with E-state index >= 15 is 0 Å². The van der Waals surface area contributed by atoms with E-state index in [2.05, 4.69) is 27.9 Å². The molecule has 1 aliphatic carbocycles. The highest BCUT2D eigenvalue weighted by molar-refractivity contribution is 5.79. The molecule has 1 heterocycles. The maximum absolute atomic E-state index is 12.1. The molecule has 1 saturated carbocycles. The number of nitrogens with one attached hydrogen (secondary N) is 2. The van der Waals surface area contributed by atoms with Gasteiger partial charge in [0.05, 0.1) is 11.9 Å². The first-order chi connectivity index (χ1) is 10.1. The molecule has 1 amide bonds. The Kier molecular flexibility index (Phi) is 5.73. The molecule has 0 aliphatic heterocycles. The standard InChI is InChI=1S/C15H27N5O/c1-4-5-11(2)17-15(21)12(3)20-10-14(18-19-20)9-16-8-13-6-7-13/h10-13,16H,4-9H2,1-3H3,(H,17,21). The van der Waals surface area contributed by atoms with E-state index in [-0.39, 0.29) is 18.0 Å². The minimum atomic E-state index is -0.325. The Morgan fingerprint density at radius 1 is 1.48 bits per heavy atom. The van der Waals surface area contributed by atoms with Gasteiger partial charge in [-0.3, -0.25) is 4.79 Å². The summed E-state index contributed by atoms with van der Waals surface area (Å²) in [5, 5.41) is 14.6. The van der Waals surface area contributed by atoms with Crippen LogP contribution in [0.4, 0.5) is 0 Å². The van der Waals surface area contributed by atoms with Crippen LogP contribution in [-0.2, 0) is 11.3 Å². The fourth-order valence-electron chi connectivity index (χ4n) is 2.30. The molecule has 1 aromatic heterocycles. The molecule has 2 N–H and O–H groups in total. The quantitative estimate of drug-likeness (QED) is 0.726. The van der Waals surface area contributed by atoms with Gasteiger partial charge in [0.2, 0.25) is 5.91 Å². The topological polar surface area (TPSA) is 71.8 Å². The third-order valence-corrected chi connectivity index (χ3v) is 3.88. The Bertz CT molecular complexity index is 455. The molecule has 21 heavy (non-hydrogen) atoms. The number of amides is 1. The van der Waals surface area contributed by atoms with E-state index < -0.39 is 0 Å². The normalized spacial score (nSPS) is 17.5. The summed E-state index contributed by atoms with van der Waals surface area (Å²) in [6.07, 6.45) is 6.59. The van der Waals surface area contributed by atoms with Crippen LogP contribution in [0.2, 0.25) is 0 Å². The number of hydrogen-bond acceptors (Lipinski definition) is 4. The van der Waals surface area contributed by atoms with Crippen LogP contribution in [0, 0.1) is 5.92 Å². The van der Waals surface area contributed by atoms with Crippen LogP contribution in [0.15, 0.2) is 6.20 Å². The van der Waals surface area contributed by atoms with Crippen molar-refractivity contribution in [1.29, 1.82) is 0 Å². The average Bonchev–Trinajstić information content (AvgIpc) is 3.14. The second kappa shape index (κ2) is 7.54. The van der Waals surface area contributed by atoms with Crippen molar-refractivity contribution in [3.8, 4) is 0 Å². The molecule has 1 aromatic rings. The van der Waals surface area contributed by atoms with E-state index in [1.165, 1.54) is 12.8 Å². The first-order valence-electron chi connectivity index (χ1n) is 8.02. The van der Waals surface area contributed by atoms with E-state index in [9.17, 15) is 4.79 Å². The van der Waals surface area contributed by atoms with Crippen molar-refractivity contribution in [3.63, 3.8) is 0 Å². The lowest BCUT2D eigenvalue weighted by atomic mass is 10.2. The van der Waals surface area contributed by atoms with Crippen LogP contribution in [0.25, 0.3) is 0 Å². The number of carbonyl (C=O) groups is 1. The Hall–Kier alpha value is -1.43. The third kappa shape index (κ3) is 5.12. The summed E-state index contributed by atoms with van der Waals surface area (Å²) in [4.78, 5) is 12.1. The third-order valence-electron chi connectivity index (χ3n) is 3.88. The summed E-state index contributed by atoms with van der Waals surface area (Å²) in [5.41, 5.74) is 0.886. The van der Waals surface area contributed by atoms with E-state index in [0.29, 0.717) is 0 Å². The van der Waals surface area contributed by atoms with Gasteiger partial charge in [0.15, 0.2) is 0 Å². The Balaban J connectivity index is 1.79. The monoisotopic (exact) mass is 293 g/mol. The van der Waals surface area contributed by atoms with E-state index in [1.807, 2.05) is 20.0 Å². The number of aromatic nitrogens is 3. The highest BCUT2D eigenvalue weighted by atomic mass is 16.2. The van der Waals surface area contributed by atoms with Gasteiger partial charge in [-0.15, -0.1) is 5.10 Å². The molecule has 2 atom stereocenters. The molecule has 0 saturated heterocycles. The average molecular weight is 293 g/mol. The van der Waals surface area contributed by atoms with Crippen LogP contribution in [-0.4, -0.2) is 33.5 Å². The van der Waals surface area contributed by atoms with Crippen molar-refractivity contribution in [2.75, 3.05) is 6.54 Å². The number of hydrogen-bond donors (Lipinski definition) is 2. The van der Waals surface area contributed by atoms with Gasteiger partial charge in [0.1, 0.15) is 6.04 Å². The van der Waals surface area contributed by atoms with Crippen molar-refractivity contribution < 1.29 is 4.79 Å². The SMILES string of the molecule is CCCC(C)NC(=O)C(C)n1cc(CNCC2CC2)nn1. The molecular weight excluding hydrogens is 266 g/mol. The Morgan fingerprint density at radius 2 is 2.24 bits per heavy atom. The van der Waals surface area contributed by atoms with Crippen molar-refractivity contribution in [2.45, 2.75) is 65.1 Å². The molecule has 0 spiro atoms. The van der Waals surface area contributed by atoms with E-state index in [1.54, 1.807) is 4.68 Å². The molecule has 2 rings (SSSR count). The highest BCUT2D eigenvalue weighted by Gasteiger charge is 2.21. The lowest BCUT2D eigenvalue weighted by Crippen LogP contribution is -2.37. The maximum atomic E-state index is 12.1. The molecule has 0 aromatic carbocycles. The van der Waals surface area contributed by atoms with Crippen molar-refractivity contribution in [2.24, 2.45) is 5.92 Å². The zero-order valence-corrected chi connectivity index (χ0v) is 13.3. The predicted molar refractivity (Wildman–Crippen MR) is 81.7 cm³/mol. The van der Waals surface area contributed by atoms with Crippen LogP contribution in [0.3, 0.4) is 0 Å². The Labute approximate surface area is 126 Å². The first kappa shape index (κ1) is 15.9. The molecule has 0 bridgehead atoms. The number of nitrogens with zero attached hydrogens (tertiary/aromatic N) is 3. The van der Waals surface area contributed by atoms with Crippen LogP contribution >= 0.6 is 0 Å². The molecule has 6 heteroatoms.